The Hall–Kier alpha value is -0.370. The van der Waals surface area contributed by atoms with Crippen LogP contribution in [0.5, 0.6) is 0 Å². The van der Waals surface area contributed by atoms with E-state index in [1.54, 1.807) is 0 Å². The van der Waals surface area contributed by atoms with Crippen LogP contribution in [0.2, 0.25) is 0 Å². The van der Waals surface area contributed by atoms with Gasteiger partial charge in [0.05, 0.1) is 5.37 Å². The molecule has 0 spiro atoms. The molecule has 1 atom stereocenters. The highest BCUT2D eigenvalue weighted by Gasteiger charge is 2.03. The van der Waals surface area contributed by atoms with Crippen molar-refractivity contribution in [3.8, 4) is 0 Å². The molecule has 1 nitrogen and oxygen atoms in total. The van der Waals surface area contributed by atoms with Crippen LogP contribution in [0, 0.1) is 5.92 Å². The van der Waals surface area contributed by atoms with Crippen molar-refractivity contribution in [3.63, 3.8) is 0 Å². The molecular formula is C9H15NS. The van der Waals surface area contributed by atoms with Crippen LogP contribution in [-0.2, 0) is 0 Å². The molecule has 0 aromatic carbocycles. The van der Waals surface area contributed by atoms with Gasteiger partial charge >= 0.3 is 0 Å². The summed E-state index contributed by atoms with van der Waals surface area (Å²) in [7, 11) is 0. The van der Waals surface area contributed by atoms with Gasteiger partial charge in [0.2, 0.25) is 0 Å². The topological polar surface area (TPSA) is 12.0 Å². The van der Waals surface area contributed by atoms with Crippen LogP contribution in [0.1, 0.15) is 20.3 Å². The van der Waals surface area contributed by atoms with Gasteiger partial charge < -0.3 is 5.32 Å². The summed E-state index contributed by atoms with van der Waals surface area (Å²) < 4.78 is 0. The van der Waals surface area contributed by atoms with E-state index in [1.165, 1.54) is 6.42 Å². The normalized spacial score (nSPS) is 23.4. The molecule has 1 aliphatic rings. The van der Waals surface area contributed by atoms with E-state index in [0.717, 1.165) is 5.92 Å². The smallest absolute Gasteiger partial charge is 0.0946 e. The fourth-order valence-corrected chi connectivity index (χ4v) is 1.56. The van der Waals surface area contributed by atoms with Crippen LogP contribution in [0.25, 0.3) is 0 Å². The van der Waals surface area contributed by atoms with Crippen LogP contribution in [0.3, 0.4) is 0 Å². The van der Waals surface area contributed by atoms with Crippen molar-refractivity contribution < 1.29 is 0 Å². The lowest BCUT2D eigenvalue weighted by Crippen LogP contribution is -2.11. The van der Waals surface area contributed by atoms with Gasteiger partial charge in [0.15, 0.2) is 0 Å². The molecule has 11 heavy (non-hydrogen) atoms. The van der Waals surface area contributed by atoms with Crippen molar-refractivity contribution in [2.75, 3.05) is 0 Å². The second-order valence-corrected chi connectivity index (χ2v) is 4.14. The predicted molar refractivity (Wildman–Crippen MR) is 52.2 cm³/mol. The molecule has 62 valence electrons. The van der Waals surface area contributed by atoms with Crippen LogP contribution in [-0.4, -0.2) is 5.37 Å². The summed E-state index contributed by atoms with van der Waals surface area (Å²) in [5.41, 5.74) is 0. The molecule has 0 aromatic heterocycles. The predicted octanol–water partition coefficient (Wildman–Crippen LogP) is 2.72. The Morgan fingerprint density at radius 1 is 1.64 bits per heavy atom. The molecule has 1 N–H and O–H groups in total. The average Bonchev–Trinajstić information content (AvgIpc) is 2.39. The molecular weight excluding hydrogens is 154 g/mol. The summed E-state index contributed by atoms with van der Waals surface area (Å²) in [6, 6.07) is 0. The Kier molecular flexibility index (Phi) is 3.57. The third-order valence-corrected chi connectivity index (χ3v) is 2.35. The van der Waals surface area contributed by atoms with Crippen molar-refractivity contribution >= 4 is 11.8 Å². The second-order valence-electron chi connectivity index (χ2n) is 3.08. The lowest BCUT2D eigenvalue weighted by Gasteiger charge is -2.03. The molecule has 0 saturated heterocycles. The first-order valence-electron chi connectivity index (χ1n) is 4.02. The lowest BCUT2D eigenvalue weighted by molar-refractivity contribution is 0.662. The zero-order chi connectivity index (χ0) is 8.10. The van der Waals surface area contributed by atoms with E-state index in [1.807, 2.05) is 18.0 Å². The fourth-order valence-electron chi connectivity index (χ4n) is 0.873. The molecule has 1 aliphatic heterocycles. The summed E-state index contributed by atoms with van der Waals surface area (Å²) in [6.45, 7) is 4.47. The van der Waals surface area contributed by atoms with E-state index in [-0.39, 0.29) is 0 Å². The summed E-state index contributed by atoms with van der Waals surface area (Å²) in [6.07, 6.45) is 7.65. The van der Waals surface area contributed by atoms with Crippen molar-refractivity contribution in [2.45, 2.75) is 25.6 Å². The zero-order valence-corrected chi connectivity index (χ0v) is 7.90. The minimum atomic E-state index is 0.480. The van der Waals surface area contributed by atoms with Gasteiger partial charge in [0.25, 0.3) is 0 Å². The van der Waals surface area contributed by atoms with Gasteiger partial charge in [-0.05, 0) is 17.7 Å². The van der Waals surface area contributed by atoms with E-state index < -0.39 is 0 Å². The number of hydrogen-bond acceptors (Lipinski definition) is 2. The monoisotopic (exact) mass is 169 g/mol. The Balaban J connectivity index is 2.14. The van der Waals surface area contributed by atoms with Gasteiger partial charge in [-0.15, -0.1) is 11.8 Å². The third-order valence-electron chi connectivity index (χ3n) is 1.47. The Labute approximate surface area is 72.9 Å². The highest BCUT2D eigenvalue weighted by molar-refractivity contribution is 8.03. The van der Waals surface area contributed by atoms with Gasteiger partial charge in [-0.3, -0.25) is 0 Å². The first kappa shape index (κ1) is 8.72. The highest BCUT2D eigenvalue weighted by atomic mass is 32.2. The first-order valence-corrected chi connectivity index (χ1v) is 4.96. The Morgan fingerprint density at radius 3 is 3.00 bits per heavy atom. The molecule has 0 radical (unpaired) electrons. The Morgan fingerprint density at radius 2 is 2.45 bits per heavy atom. The summed E-state index contributed by atoms with van der Waals surface area (Å²) in [5, 5.41) is 5.79. The Bertz CT molecular complexity index is 153. The molecule has 0 bridgehead atoms. The number of rotatable bonds is 3. The third kappa shape index (κ3) is 3.51. The summed E-state index contributed by atoms with van der Waals surface area (Å²) >= 11 is 1.82. The van der Waals surface area contributed by atoms with Gasteiger partial charge in [-0.25, -0.2) is 0 Å². The minimum absolute atomic E-state index is 0.480. The molecule has 1 heterocycles. The number of allylic oxidation sites excluding steroid dienone is 1. The quantitative estimate of drug-likeness (QED) is 0.652. The maximum absolute atomic E-state index is 3.23. The molecule has 0 aliphatic carbocycles. The van der Waals surface area contributed by atoms with Crippen molar-refractivity contribution in [1.82, 2.24) is 5.32 Å². The lowest BCUT2D eigenvalue weighted by atomic mass is 10.1. The maximum atomic E-state index is 3.23. The zero-order valence-electron chi connectivity index (χ0n) is 7.08. The molecule has 0 amide bonds. The van der Waals surface area contributed by atoms with Gasteiger partial charge in [-0.1, -0.05) is 26.0 Å². The van der Waals surface area contributed by atoms with Gasteiger partial charge in [0.1, 0.15) is 0 Å². The van der Waals surface area contributed by atoms with Crippen molar-refractivity contribution in [3.05, 3.63) is 23.8 Å². The molecule has 1 rings (SSSR count). The molecule has 0 saturated carbocycles. The van der Waals surface area contributed by atoms with Gasteiger partial charge in [0, 0.05) is 6.20 Å². The van der Waals surface area contributed by atoms with E-state index >= 15 is 0 Å². The van der Waals surface area contributed by atoms with E-state index in [0.29, 0.717) is 5.37 Å². The van der Waals surface area contributed by atoms with Gasteiger partial charge in [-0.2, -0.15) is 0 Å². The minimum Gasteiger partial charge on any atom is -0.375 e. The number of thioether (sulfide) groups is 1. The van der Waals surface area contributed by atoms with E-state index in [4.69, 9.17) is 0 Å². The number of nitrogens with one attached hydrogen (secondary N) is 1. The molecule has 0 aromatic rings. The standard InChI is InChI=1S/C9H15NS/c1-8(2)4-3-5-9-10-6-7-11-9/h3,5-10H,4H2,1-2H3/b5-3+. The summed E-state index contributed by atoms with van der Waals surface area (Å²) in [4.78, 5) is 0. The fraction of sp³-hybridized carbons (Fsp3) is 0.556. The largest absolute Gasteiger partial charge is 0.375 e. The summed E-state index contributed by atoms with van der Waals surface area (Å²) in [5.74, 6) is 0.769. The number of hydrogen-bond donors (Lipinski definition) is 1. The maximum Gasteiger partial charge on any atom is 0.0946 e. The highest BCUT2D eigenvalue weighted by Crippen LogP contribution is 2.16. The van der Waals surface area contributed by atoms with Crippen molar-refractivity contribution in [1.29, 1.82) is 0 Å². The van der Waals surface area contributed by atoms with Crippen LogP contribution < -0.4 is 5.32 Å². The van der Waals surface area contributed by atoms with E-state index in [2.05, 4.69) is 36.7 Å². The van der Waals surface area contributed by atoms with E-state index in [9.17, 15) is 0 Å². The second kappa shape index (κ2) is 4.50. The molecule has 1 unspecified atom stereocenters. The van der Waals surface area contributed by atoms with Crippen molar-refractivity contribution in [2.24, 2.45) is 5.92 Å². The SMILES string of the molecule is CC(C)C/C=C/C1NC=CS1. The van der Waals surface area contributed by atoms with Crippen LogP contribution in [0.4, 0.5) is 0 Å². The average molecular weight is 169 g/mol. The first-order chi connectivity index (χ1) is 5.29. The molecule has 0 fully saturated rings. The molecule has 2 heteroatoms. The van der Waals surface area contributed by atoms with Crippen LogP contribution in [0.15, 0.2) is 23.8 Å². The van der Waals surface area contributed by atoms with Crippen LogP contribution >= 0.6 is 11.8 Å².